The van der Waals surface area contributed by atoms with Crippen LogP contribution in [0, 0.1) is 37.5 Å². The number of aryl methyl sites for hydroxylation is 1. The lowest BCUT2D eigenvalue weighted by Gasteiger charge is -2.37. The van der Waals surface area contributed by atoms with Crippen molar-refractivity contribution in [1.82, 2.24) is 9.58 Å². The van der Waals surface area contributed by atoms with Gasteiger partial charge in [0.05, 0.1) is 28.8 Å². The molecule has 5 nitrogen and oxygen atoms in total. The molecule has 2 heterocycles. The van der Waals surface area contributed by atoms with Crippen LogP contribution in [0.5, 0.6) is 0 Å². The molecule has 2 aromatic rings. The van der Waals surface area contributed by atoms with Crippen LogP contribution in [0.25, 0.3) is 5.69 Å². The fraction of sp³-hybridized carbons (Fsp3) is 0.348. The molecule has 3 aliphatic carbocycles. The molecular weight excluding hydrogens is 421 g/mol. The molecule has 154 valence electrons. The first-order chi connectivity index (χ1) is 14.4. The van der Waals surface area contributed by atoms with Gasteiger partial charge >= 0.3 is 0 Å². The minimum Gasteiger partial charge on any atom is -0.316 e. The number of amides is 2. The maximum absolute atomic E-state index is 12.9. The third kappa shape index (κ3) is 2.87. The van der Waals surface area contributed by atoms with Crippen LogP contribution in [0.1, 0.15) is 29.8 Å². The number of hydrogen-bond acceptors (Lipinski definition) is 3. The van der Waals surface area contributed by atoms with Gasteiger partial charge in [0.2, 0.25) is 0 Å². The first-order valence-corrected chi connectivity index (χ1v) is 10.9. The van der Waals surface area contributed by atoms with E-state index in [0.29, 0.717) is 10.0 Å². The van der Waals surface area contributed by atoms with Crippen molar-refractivity contribution in [3.8, 4) is 5.69 Å². The molecule has 4 aliphatic rings. The van der Waals surface area contributed by atoms with Gasteiger partial charge in [0.1, 0.15) is 0 Å². The van der Waals surface area contributed by atoms with Gasteiger partial charge in [-0.2, -0.15) is 10.1 Å². The van der Waals surface area contributed by atoms with Gasteiger partial charge in [-0.1, -0.05) is 35.4 Å². The predicted octanol–water partition coefficient (Wildman–Crippen LogP) is 4.93. The smallest absolute Gasteiger partial charge is 0.254 e. The Balaban J connectivity index is 1.47. The van der Waals surface area contributed by atoms with Crippen molar-refractivity contribution in [3.05, 3.63) is 63.4 Å². The molecule has 0 radical (unpaired) electrons. The van der Waals surface area contributed by atoms with Gasteiger partial charge in [-0.15, -0.1) is 0 Å². The van der Waals surface area contributed by atoms with E-state index in [1.54, 1.807) is 18.3 Å². The van der Waals surface area contributed by atoms with E-state index in [1.807, 2.05) is 30.5 Å². The Morgan fingerprint density at radius 1 is 1.00 bits per heavy atom. The van der Waals surface area contributed by atoms with Crippen LogP contribution in [-0.2, 0) is 9.59 Å². The maximum atomic E-state index is 12.9. The normalized spacial score (nSPS) is 27.5. The third-order valence-electron chi connectivity index (χ3n) is 6.67. The van der Waals surface area contributed by atoms with Crippen molar-refractivity contribution in [2.75, 3.05) is 0 Å². The third-order valence-corrected chi connectivity index (χ3v) is 7.22. The average molecular weight is 442 g/mol. The monoisotopic (exact) mass is 441 g/mol. The SMILES string of the molecule is Cc1cc(/C=N\N2C(=O)[C@@H]3[C@H](C2=O)[C@H]2C=C[C@H]3CC2)c(C)n1-c1cc(Cl)ccc1Cl. The van der Waals surface area contributed by atoms with Gasteiger partial charge in [-0.3, -0.25) is 9.59 Å². The standard InChI is InChI=1S/C23H21Cl2N3O2/c1-12-9-16(13(2)27(12)19-10-17(24)7-8-18(19)25)11-26-28-22(29)20-14-3-4-15(6-5-14)21(20)23(28)30/h3-4,7-11,14-15,20-21H,5-6H2,1-2H3/b26-11-/t14-,15-,20-,21+/m0/s1. The van der Waals surface area contributed by atoms with Gasteiger partial charge in [0.25, 0.3) is 11.8 Å². The summed E-state index contributed by atoms with van der Waals surface area (Å²) in [5.41, 5.74) is 3.45. The van der Waals surface area contributed by atoms with Crippen molar-refractivity contribution in [2.45, 2.75) is 26.7 Å². The minimum atomic E-state index is -0.254. The largest absolute Gasteiger partial charge is 0.316 e. The van der Waals surface area contributed by atoms with Gasteiger partial charge in [0.15, 0.2) is 0 Å². The van der Waals surface area contributed by atoms with Crippen LogP contribution in [0.3, 0.4) is 0 Å². The zero-order valence-electron chi connectivity index (χ0n) is 16.7. The summed E-state index contributed by atoms with van der Waals surface area (Å²) in [5, 5.41) is 6.60. The highest BCUT2D eigenvalue weighted by Crippen LogP contribution is 2.49. The molecule has 6 rings (SSSR count). The molecule has 4 atom stereocenters. The molecule has 2 amide bonds. The lowest BCUT2D eigenvalue weighted by atomic mass is 9.63. The number of rotatable bonds is 3. The number of nitrogens with zero attached hydrogens (tertiary/aromatic N) is 3. The van der Waals surface area contributed by atoms with Crippen LogP contribution in [-0.4, -0.2) is 27.6 Å². The summed E-state index contributed by atoms with van der Waals surface area (Å²) in [6, 6.07) is 7.28. The molecule has 7 heteroatoms. The van der Waals surface area contributed by atoms with Crippen molar-refractivity contribution in [2.24, 2.45) is 28.8 Å². The highest BCUT2D eigenvalue weighted by Gasteiger charge is 2.56. The fourth-order valence-electron chi connectivity index (χ4n) is 5.24. The summed E-state index contributed by atoms with van der Waals surface area (Å²) in [5.74, 6) is -0.537. The Labute approximate surface area is 184 Å². The first kappa shape index (κ1) is 19.6. The number of imide groups is 1. The topological polar surface area (TPSA) is 54.7 Å². The summed E-state index contributed by atoms with van der Waals surface area (Å²) >= 11 is 12.6. The Morgan fingerprint density at radius 3 is 2.23 bits per heavy atom. The molecule has 0 unspecified atom stereocenters. The second kappa shape index (κ2) is 7.10. The Kier molecular flexibility index (Phi) is 4.64. The van der Waals surface area contributed by atoms with Crippen molar-refractivity contribution >= 4 is 41.2 Å². The number of halogens is 2. The number of hydrazone groups is 1. The van der Waals surface area contributed by atoms with E-state index in [2.05, 4.69) is 17.3 Å². The van der Waals surface area contributed by atoms with E-state index >= 15 is 0 Å². The first-order valence-electron chi connectivity index (χ1n) is 10.1. The van der Waals surface area contributed by atoms with Gasteiger partial charge in [-0.25, -0.2) is 0 Å². The van der Waals surface area contributed by atoms with Gasteiger partial charge < -0.3 is 4.57 Å². The van der Waals surface area contributed by atoms with E-state index in [1.165, 1.54) is 0 Å². The molecule has 2 fully saturated rings. The molecule has 2 bridgehead atoms. The van der Waals surface area contributed by atoms with Crippen LogP contribution in [0.15, 0.2) is 41.5 Å². The molecule has 0 N–H and O–H groups in total. The molecular formula is C23H21Cl2N3O2. The van der Waals surface area contributed by atoms with Crippen LogP contribution in [0.4, 0.5) is 0 Å². The van der Waals surface area contributed by atoms with Crippen LogP contribution in [0.2, 0.25) is 10.0 Å². The molecule has 30 heavy (non-hydrogen) atoms. The highest BCUT2D eigenvalue weighted by molar-refractivity contribution is 6.34. The second-order valence-electron chi connectivity index (χ2n) is 8.33. The Morgan fingerprint density at radius 2 is 1.63 bits per heavy atom. The fourth-order valence-corrected chi connectivity index (χ4v) is 5.61. The van der Waals surface area contributed by atoms with E-state index in [-0.39, 0.29) is 35.5 Å². The van der Waals surface area contributed by atoms with Crippen molar-refractivity contribution in [1.29, 1.82) is 0 Å². The Bertz CT molecular complexity index is 1100. The molecule has 1 saturated carbocycles. The minimum absolute atomic E-state index is 0.159. The van der Waals surface area contributed by atoms with Gasteiger partial charge in [0, 0.05) is 22.0 Å². The second-order valence-corrected chi connectivity index (χ2v) is 9.18. The lowest BCUT2D eigenvalue weighted by molar-refractivity contribution is -0.140. The Hall–Kier alpha value is -2.37. The lowest BCUT2D eigenvalue weighted by Crippen LogP contribution is -2.38. The molecule has 1 aromatic heterocycles. The van der Waals surface area contributed by atoms with Crippen molar-refractivity contribution in [3.63, 3.8) is 0 Å². The predicted molar refractivity (Wildman–Crippen MR) is 117 cm³/mol. The number of benzene rings is 1. The quantitative estimate of drug-likeness (QED) is 0.385. The summed E-state index contributed by atoms with van der Waals surface area (Å²) in [4.78, 5) is 25.9. The molecule has 1 aromatic carbocycles. The van der Waals surface area contributed by atoms with Crippen molar-refractivity contribution < 1.29 is 9.59 Å². The molecule has 0 spiro atoms. The van der Waals surface area contributed by atoms with E-state index in [0.717, 1.165) is 40.5 Å². The highest BCUT2D eigenvalue weighted by atomic mass is 35.5. The summed E-state index contributed by atoms with van der Waals surface area (Å²) in [7, 11) is 0. The summed E-state index contributed by atoms with van der Waals surface area (Å²) in [6.45, 7) is 3.91. The van der Waals surface area contributed by atoms with Crippen LogP contribution < -0.4 is 0 Å². The van der Waals surface area contributed by atoms with Crippen LogP contribution >= 0.6 is 23.2 Å². The van der Waals surface area contributed by atoms with E-state index in [4.69, 9.17) is 23.2 Å². The number of carbonyl (C=O) groups excluding carboxylic acids is 2. The summed E-state index contributed by atoms with van der Waals surface area (Å²) < 4.78 is 1.99. The number of carbonyl (C=O) groups is 2. The number of allylic oxidation sites excluding steroid dienone is 2. The number of aromatic nitrogens is 1. The molecule has 1 saturated heterocycles. The van der Waals surface area contributed by atoms with Gasteiger partial charge in [-0.05, 0) is 62.8 Å². The average Bonchev–Trinajstić information content (AvgIpc) is 3.17. The maximum Gasteiger partial charge on any atom is 0.254 e. The molecule has 1 aliphatic heterocycles. The summed E-state index contributed by atoms with van der Waals surface area (Å²) in [6.07, 6.45) is 7.76. The number of fused-ring (bicyclic) bond motifs is 1. The zero-order valence-corrected chi connectivity index (χ0v) is 18.2. The van der Waals surface area contributed by atoms with E-state index < -0.39 is 0 Å². The zero-order chi connectivity index (χ0) is 21.2. The number of hydrogen-bond donors (Lipinski definition) is 0. The van der Waals surface area contributed by atoms with E-state index in [9.17, 15) is 9.59 Å².